The summed E-state index contributed by atoms with van der Waals surface area (Å²) in [5, 5.41) is 8.67. The highest BCUT2D eigenvalue weighted by Gasteiger charge is 2.04. The molecule has 1 aromatic carbocycles. The van der Waals surface area contributed by atoms with Crippen molar-refractivity contribution in [2.24, 2.45) is 0 Å². The van der Waals surface area contributed by atoms with E-state index in [4.69, 9.17) is 10.00 Å². The summed E-state index contributed by atoms with van der Waals surface area (Å²) in [4.78, 5) is 10.2. The minimum Gasteiger partial charge on any atom is -0.497 e. The zero-order valence-electron chi connectivity index (χ0n) is 10.9. The van der Waals surface area contributed by atoms with Gasteiger partial charge < -0.3 is 9.64 Å². The second kappa shape index (κ2) is 5.83. The Labute approximate surface area is 112 Å². The monoisotopic (exact) mass is 254 g/mol. The van der Waals surface area contributed by atoms with E-state index in [1.54, 1.807) is 13.3 Å². The fourth-order valence-electron chi connectivity index (χ4n) is 1.66. The van der Waals surface area contributed by atoms with Gasteiger partial charge in [0.1, 0.15) is 17.6 Å². The molecule has 0 saturated carbocycles. The maximum Gasteiger partial charge on any atom is 0.158 e. The van der Waals surface area contributed by atoms with Gasteiger partial charge in [0, 0.05) is 13.6 Å². The SMILES string of the molecule is COc1ccc(CN(C)c2cnc(C#N)cn2)cc1. The number of hydrogen-bond donors (Lipinski definition) is 0. The number of methoxy groups -OCH3 is 1. The largest absolute Gasteiger partial charge is 0.497 e. The predicted molar refractivity (Wildman–Crippen MR) is 71.8 cm³/mol. The van der Waals surface area contributed by atoms with E-state index in [2.05, 4.69) is 9.97 Å². The van der Waals surface area contributed by atoms with Crippen molar-refractivity contribution in [3.05, 3.63) is 47.9 Å². The first-order valence-electron chi connectivity index (χ1n) is 5.79. The van der Waals surface area contributed by atoms with Crippen LogP contribution in [0.15, 0.2) is 36.7 Å². The van der Waals surface area contributed by atoms with E-state index < -0.39 is 0 Å². The molecule has 0 spiro atoms. The highest BCUT2D eigenvalue weighted by Crippen LogP contribution is 2.15. The molecule has 0 unspecified atom stereocenters. The lowest BCUT2D eigenvalue weighted by Gasteiger charge is -2.17. The molecule has 0 aliphatic rings. The molecule has 5 heteroatoms. The summed E-state index contributed by atoms with van der Waals surface area (Å²) in [7, 11) is 3.58. The van der Waals surface area contributed by atoms with Crippen molar-refractivity contribution in [3.8, 4) is 11.8 Å². The first-order valence-corrected chi connectivity index (χ1v) is 5.79. The number of nitriles is 1. The highest BCUT2D eigenvalue weighted by molar-refractivity contribution is 5.38. The van der Waals surface area contributed by atoms with E-state index in [0.29, 0.717) is 12.2 Å². The van der Waals surface area contributed by atoms with Crippen LogP contribution in [0, 0.1) is 11.3 Å². The van der Waals surface area contributed by atoms with Crippen molar-refractivity contribution in [1.29, 1.82) is 5.26 Å². The molecule has 96 valence electrons. The van der Waals surface area contributed by atoms with E-state index in [-0.39, 0.29) is 0 Å². The van der Waals surface area contributed by atoms with Crippen LogP contribution < -0.4 is 9.64 Å². The summed E-state index contributed by atoms with van der Waals surface area (Å²) < 4.78 is 5.12. The van der Waals surface area contributed by atoms with Gasteiger partial charge in [0.25, 0.3) is 0 Å². The standard InChI is InChI=1S/C14H14N4O/c1-18(14-9-16-12(7-15)8-17-14)10-11-3-5-13(19-2)6-4-11/h3-6,8-9H,10H2,1-2H3. The van der Waals surface area contributed by atoms with Crippen molar-refractivity contribution < 1.29 is 4.74 Å². The number of rotatable bonds is 4. The number of hydrogen-bond acceptors (Lipinski definition) is 5. The average molecular weight is 254 g/mol. The molecule has 2 aromatic rings. The molecule has 0 fully saturated rings. The lowest BCUT2D eigenvalue weighted by molar-refractivity contribution is 0.414. The Morgan fingerprint density at radius 1 is 1.21 bits per heavy atom. The van der Waals surface area contributed by atoms with Crippen LogP contribution in [-0.4, -0.2) is 24.1 Å². The van der Waals surface area contributed by atoms with E-state index in [1.807, 2.05) is 42.3 Å². The molecule has 0 aliphatic carbocycles. The van der Waals surface area contributed by atoms with Crippen LogP contribution in [0.1, 0.15) is 11.3 Å². The summed E-state index contributed by atoms with van der Waals surface area (Å²) >= 11 is 0. The van der Waals surface area contributed by atoms with Crippen molar-refractivity contribution in [3.63, 3.8) is 0 Å². The second-order valence-corrected chi connectivity index (χ2v) is 4.08. The summed E-state index contributed by atoms with van der Waals surface area (Å²) in [5.41, 5.74) is 1.47. The summed E-state index contributed by atoms with van der Waals surface area (Å²) in [6, 6.07) is 9.81. The van der Waals surface area contributed by atoms with Gasteiger partial charge >= 0.3 is 0 Å². The third-order valence-corrected chi connectivity index (χ3v) is 2.72. The zero-order chi connectivity index (χ0) is 13.7. The molecule has 0 atom stereocenters. The van der Waals surface area contributed by atoms with E-state index in [1.165, 1.54) is 6.20 Å². The summed E-state index contributed by atoms with van der Waals surface area (Å²) in [6.07, 6.45) is 3.07. The fraction of sp³-hybridized carbons (Fsp3) is 0.214. The minimum absolute atomic E-state index is 0.321. The van der Waals surface area contributed by atoms with Crippen molar-refractivity contribution in [1.82, 2.24) is 9.97 Å². The fourth-order valence-corrected chi connectivity index (χ4v) is 1.66. The lowest BCUT2D eigenvalue weighted by atomic mass is 10.2. The maximum absolute atomic E-state index is 8.67. The van der Waals surface area contributed by atoms with E-state index >= 15 is 0 Å². The van der Waals surface area contributed by atoms with Gasteiger partial charge in [-0.3, -0.25) is 0 Å². The third kappa shape index (κ3) is 3.19. The number of benzene rings is 1. The van der Waals surface area contributed by atoms with Gasteiger partial charge in [0.2, 0.25) is 0 Å². The molecule has 0 amide bonds. The molecule has 0 saturated heterocycles. The van der Waals surface area contributed by atoms with Crippen molar-refractivity contribution in [2.75, 3.05) is 19.1 Å². The molecule has 2 rings (SSSR count). The van der Waals surface area contributed by atoms with Crippen LogP contribution in [0.3, 0.4) is 0 Å². The third-order valence-electron chi connectivity index (χ3n) is 2.72. The molecular weight excluding hydrogens is 240 g/mol. The molecule has 5 nitrogen and oxygen atoms in total. The van der Waals surface area contributed by atoms with Gasteiger partial charge in [-0.1, -0.05) is 12.1 Å². The molecule has 19 heavy (non-hydrogen) atoms. The molecule has 1 heterocycles. The zero-order valence-corrected chi connectivity index (χ0v) is 10.9. The van der Waals surface area contributed by atoms with Gasteiger partial charge in [-0.05, 0) is 17.7 Å². The molecule has 0 radical (unpaired) electrons. The second-order valence-electron chi connectivity index (χ2n) is 4.08. The number of nitrogens with zero attached hydrogens (tertiary/aromatic N) is 4. The average Bonchev–Trinajstić information content (AvgIpc) is 2.48. The summed E-state index contributed by atoms with van der Waals surface area (Å²) in [5.74, 6) is 1.57. The first kappa shape index (κ1) is 12.8. The Bertz CT molecular complexity index is 572. The minimum atomic E-state index is 0.321. The normalized spacial score (nSPS) is 9.74. The molecular formula is C14H14N4O. The first-order chi connectivity index (χ1) is 9.22. The van der Waals surface area contributed by atoms with Crippen LogP contribution in [0.25, 0.3) is 0 Å². The number of aromatic nitrogens is 2. The van der Waals surface area contributed by atoms with Gasteiger partial charge in [-0.15, -0.1) is 0 Å². The van der Waals surface area contributed by atoms with Gasteiger partial charge in [0.15, 0.2) is 5.69 Å². The van der Waals surface area contributed by atoms with Crippen molar-refractivity contribution >= 4 is 5.82 Å². The Morgan fingerprint density at radius 2 is 1.95 bits per heavy atom. The Morgan fingerprint density at radius 3 is 2.47 bits per heavy atom. The van der Waals surface area contributed by atoms with Crippen LogP contribution in [-0.2, 0) is 6.54 Å². The van der Waals surface area contributed by atoms with Gasteiger partial charge in [0.05, 0.1) is 19.5 Å². The molecule has 0 aliphatic heterocycles. The van der Waals surface area contributed by atoms with Crippen LogP contribution in [0.5, 0.6) is 5.75 Å². The van der Waals surface area contributed by atoms with Gasteiger partial charge in [-0.25, -0.2) is 9.97 Å². The maximum atomic E-state index is 8.67. The van der Waals surface area contributed by atoms with Crippen molar-refractivity contribution in [2.45, 2.75) is 6.54 Å². The smallest absolute Gasteiger partial charge is 0.158 e. The quantitative estimate of drug-likeness (QED) is 0.835. The highest BCUT2D eigenvalue weighted by atomic mass is 16.5. The Kier molecular flexibility index (Phi) is 3.94. The van der Waals surface area contributed by atoms with Crippen LogP contribution in [0.2, 0.25) is 0 Å². The summed E-state index contributed by atoms with van der Waals surface area (Å²) in [6.45, 7) is 0.713. The molecule has 0 bridgehead atoms. The predicted octanol–water partition coefficient (Wildman–Crippen LogP) is 1.99. The van der Waals surface area contributed by atoms with E-state index in [9.17, 15) is 0 Å². The Hall–Kier alpha value is -2.61. The van der Waals surface area contributed by atoms with E-state index in [0.717, 1.165) is 17.1 Å². The van der Waals surface area contributed by atoms with Gasteiger partial charge in [-0.2, -0.15) is 5.26 Å². The van der Waals surface area contributed by atoms with Crippen LogP contribution in [0.4, 0.5) is 5.82 Å². The number of ether oxygens (including phenoxy) is 1. The number of anilines is 1. The lowest BCUT2D eigenvalue weighted by Crippen LogP contribution is -2.17. The molecule has 0 N–H and O–H groups in total. The molecule has 1 aromatic heterocycles. The van der Waals surface area contributed by atoms with Crippen LogP contribution >= 0.6 is 0 Å². The topological polar surface area (TPSA) is 62.0 Å². The Balaban J connectivity index is 2.06.